The highest BCUT2D eigenvalue weighted by Crippen LogP contribution is 2.29. The predicted octanol–water partition coefficient (Wildman–Crippen LogP) is 4.64. The average Bonchev–Trinajstić information content (AvgIpc) is 3.66. The van der Waals surface area contributed by atoms with Crippen molar-refractivity contribution in [3.63, 3.8) is 0 Å². The summed E-state index contributed by atoms with van der Waals surface area (Å²) < 4.78 is 34.2. The van der Waals surface area contributed by atoms with Crippen LogP contribution in [0, 0.1) is 16.2 Å². The number of urea groups is 1. The molecule has 1 fully saturated rings. The van der Waals surface area contributed by atoms with Crippen molar-refractivity contribution in [3.05, 3.63) is 86.7 Å². The second kappa shape index (κ2) is 17.6. The first-order chi connectivity index (χ1) is 24.1. The summed E-state index contributed by atoms with van der Waals surface area (Å²) in [6, 6.07) is 13.2. The van der Waals surface area contributed by atoms with Gasteiger partial charge in [-0.2, -0.15) is 9.21 Å². The Morgan fingerprint density at radius 3 is 2.37 bits per heavy atom. The number of methoxy groups -OCH3 is 1. The molecule has 2 aromatic carbocycles. The Kier molecular flexibility index (Phi) is 13.8. The summed E-state index contributed by atoms with van der Waals surface area (Å²) in [5, 5.41) is 20.4. The van der Waals surface area contributed by atoms with Crippen LogP contribution in [0.4, 0.5) is 4.79 Å². The molecular weight excluding hydrogens is 693 g/mol. The van der Waals surface area contributed by atoms with Gasteiger partial charge >= 0.3 is 6.03 Å². The number of aliphatic hydroxyl groups is 1. The zero-order valence-electron chi connectivity index (χ0n) is 30.2. The predicted molar refractivity (Wildman–Crippen MR) is 196 cm³/mol. The van der Waals surface area contributed by atoms with Crippen LogP contribution in [0.25, 0.3) is 0 Å². The molecule has 2 N–H and O–H groups in total. The van der Waals surface area contributed by atoms with E-state index in [1.54, 1.807) is 29.0 Å². The number of benzene rings is 2. The average molecular weight is 743 g/mol. The minimum Gasteiger partial charge on any atom is -0.390 e. The van der Waals surface area contributed by atoms with Gasteiger partial charge in [-0.15, -0.1) is 11.3 Å². The minimum absolute atomic E-state index is 0.0195. The number of hydrogen-bond donors (Lipinski definition) is 2. The van der Waals surface area contributed by atoms with Crippen LogP contribution in [0.1, 0.15) is 56.4 Å². The lowest BCUT2D eigenvalue weighted by Gasteiger charge is -2.38. The standard InChI is InChI=1S/C36H50N6O7S2/c1-25(2)20-41(51(47,48)29-14-12-27(13-15-29)19-37-46)22-31(43)30(18-26-10-8-7-9-11-26)39-34(44)33(36(3,4)5)42-17-16-40(35(42)45)21-28-24-50-32(38-28)23-49-6/h7-15,24-25,30-31,33,43H,16-23H2,1-6H3,(H,39,44)/t30-,31+,33+/m0/s1. The number of ether oxygens (including phenoxy) is 1. The zero-order valence-corrected chi connectivity index (χ0v) is 31.8. The van der Waals surface area contributed by atoms with E-state index in [1.807, 2.05) is 70.3 Å². The Morgan fingerprint density at radius 2 is 1.76 bits per heavy atom. The molecule has 51 heavy (non-hydrogen) atoms. The van der Waals surface area contributed by atoms with E-state index in [2.05, 4.69) is 15.5 Å². The van der Waals surface area contributed by atoms with Crippen molar-refractivity contribution in [1.82, 2.24) is 24.4 Å². The van der Waals surface area contributed by atoms with Crippen LogP contribution >= 0.6 is 11.3 Å². The largest absolute Gasteiger partial charge is 0.390 e. The number of carbonyl (C=O) groups is 2. The molecule has 15 heteroatoms. The summed E-state index contributed by atoms with van der Waals surface area (Å²) in [6.45, 7) is 10.6. The fourth-order valence-electron chi connectivity index (χ4n) is 6.21. The van der Waals surface area contributed by atoms with Gasteiger partial charge in [0.05, 0.1) is 35.9 Å². The molecule has 278 valence electrons. The molecule has 1 aromatic heterocycles. The third kappa shape index (κ3) is 10.6. The molecule has 0 bridgehead atoms. The van der Waals surface area contributed by atoms with Crippen LogP contribution in [0.5, 0.6) is 0 Å². The third-order valence-corrected chi connectivity index (χ3v) is 11.3. The van der Waals surface area contributed by atoms with Crippen molar-refractivity contribution in [2.24, 2.45) is 16.5 Å². The Balaban J connectivity index is 1.58. The molecule has 1 saturated heterocycles. The number of sulfonamides is 1. The van der Waals surface area contributed by atoms with E-state index in [1.165, 1.54) is 27.8 Å². The number of carbonyl (C=O) groups excluding carboxylic acids is 2. The number of amides is 3. The topological polar surface area (TPSA) is 162 Å². The van der Waals surface area contributed by atoms with E-state index < -0.39 is 39.5 Å². The highest BCUT2D eigenvalue weighted by atomic mass is 32.2. The normalized spacial score (nSPS) is 15.7. The number of rotatable bonds is 18. The molecule has 3 aromatic rings. The van der Waals surface area contributed by atoms with E-state index in [-0.39, 0.29) is 42.9 Å². The van der Waals surface area contributed by atoms with Crippen molar-refractivity contribution >= 4 is 33.3 Å². The number of thiazole rings is 1. The summed E-state index contributed by atoms with van der Waals surface area (Å²) >= 11 is 1.46. The summed E-state index contributed by atoms with van der Waals surface area (Å²) in [6.07, 6.45) is -1.08. The molecule has 0 radical (unpaired) electrons. The van der Waals surface area contributed by atoms with Crippen LogP contribution in [0.2, 0.25) is 0 Å². The van der Waals surface area contributed by atoms with Crippen molar-refractivity contribution in [2.45, 2.75) is 83.8 Å². The first kappa shape index (κ1) is 40.0. The quantitative estimate of drug-likeness (QED) is 0.178. The van der Waals surface area contributed by atoms with Crippen LogP contribution < -0.4 is 5.32 Å². The fourth-order valence-corrected chi connectivity index (χ4v) is 8.59. The van der Waals surface area contributed by atoms with E-state index in [9.17, 15) is 28.0 Å². The lowest BCUT2D eigenvalue weighted by Crippen LogP contribution is -2.59. The molecule has 3 atom stereocenters. The Hall–Kier alpha value is -3.76. The van der Waals surface area contributed by atoms with Gasteiger partial charge in [0.2, 0.25) is 15.9 Å². The highest BCUT2D eigenvalue weighted by molar-refractivity contribution is 7.89. The number of hydrogen-bond acceptors (Lipinski definition) is 10. The molecule has 3 amide bonds. The molecule has 1 aliphatic heterocycles. The van der Waals surface area contributed by atoms with Crippen molar-refractivity contribution in [3.8, 4) is 0 Å². The molecule has 0 spiro atoms. The zero-order chi connectivity index (χ0) is 37.3. The van der Waals surface area contributed by atoms with Gasteiger partial charge in [0.25, 0.3) is 0 Å². The lowest BCUT2D eigenvalue weighted by atomic mass is 9.84. The third-order valence-electron chi connectivity index (χ3n) is 8.59. The maximum absolute atomic E-state index is 14.3. The van der Waals surface area contributed by atoms with Crippen LogP contribution in [0.3, 0.4) is 0 Å². The van der Waals surface area contributed by atoms with Crippen LogP contribution in [-0.4, -0.2) is 96.0 Å². The van der Waals surface area contributed by atoms with Gasteiger partial charge in [-0.1, -0.05) is 82.3 Å². The fraction of sp³-hybridized carbons (Fsp3) is 0.528. The number of nitrogens with one attached hydrogen (secondary N) is 1. The Bertz CT molecular complexity index is 1710. The van der Waals surface area contributed by atoms with E-state index in [0.29, 0.717) is 31.8 Å². The molecule has 13 nitrogen and oxygen atoms in total. The van der Waals surface area contributed by atoms with Crippen molar-refractivity contribution < 1.29 is 27.9 Å². The Morgan fingerprint density at radius 1 is 1.08 bits per heavy atom. The van der Waals surface area contributed by atoms with Gasteiger partial charge in [-0.05, 0) is 41.0 Å². The summed E-state index contributed by atoms with van der Waals surface area (Å²) in [7, 11) is -2.47. The second-order valence-corrected chi connectivity index (χ2v) is 17.2. The van der Waals surface area contributed by atoms with E-state index >= 15 is 0 Å². The molecule has 0 unspecified atom stereocenters. The van der Waals surface area contributed by atoms with Crippen molar-refractivity contribution in [2.75, 3.05) is 33.3 Å². The number of aromatic nitrogens is 1. The summed E-state index contributed by atoms with van der Waals surface area (Å²) in [5.41, 5.74) is 1.49. The van der Waals surface area contributed by atoms with Gasteiger partial charge in [-0.25, -0.2) is 18.2 Å². The lowest BCUT2D eigenvalue weighted by molar-refractivity contribution is -0.130. The molecule has 2 heterocycles. The molecule has 0 saturated carbocycles. The Labute approximate surface area is 305 Å². The van der Waals surface area contributed by atoms with Crippen molar-refractivity contribution in [1.29, 1.82) is 0 Å². The van der Waals surface area contributed by atoms with E-state index in [0.717, 1.165) is 16.3 Å². The first-order valence-corrected chi connectivity index (χ1v) is 19.3. The SMILES string of the molecule is COCc1nc(CN2CCN([C@H](C(=O)N[C@@H](Cc3ccccc3)[C@H](O)CN(CC(C)C)S(=O)(=O)c3ccc(CN=O)cc3)C(C)(C)C)C2=O)cs1. The summed E-state index contributed by atoms with van der Waals surface area (Å²) in [5.74, 6) is -0.510. The number of aliphatic hydroxyl groups excluding tert-OH is 1. The van der Waals surface area contributed by atoms with Crippen LogP contribution in [-0.2, 0) is 45.7 Å². The van der Waals surface area contributed by atoms with Crippen LogP contribution in [0.15, 0.2) is 70.0 Å². The smallest absolute Gasteiger partial charge is 0.321 e. The second-order valence-electron chi connectivity index (χ2n) is 14.4. The highest BCUT2D eigenvalue weighted by Gasteiger charge is 2.44. The van der Waals surface area contributed by atoms with Gasteiger partial charge < -0.3 is 25.0 Å². The van der Waals surface area contributed by atoms with Gasteiger partial charge in [-0.3, -0.25) is 4.79 Å². The van der Waals surface area contributed by atoms with Gasteiger partial charge in [0.1, 0.15) is 17.6 Å². The summed E-state index contributed by atoms with van der Waals surface area (Å²) in [4.78, 5) is 46.6. The molecular formula is C36H50N6O7S2. The van der Waals surface area contributed by atoms with E-state index in [4.69, 9.17) is 4.74 Å². The molecule has 4 rings (SSSR count). The molecule has 1 aliphatic rings. The molecule has 0 aliphatic carbocycles. The first-order valence-electron chi connectivity index (χ1n) is 17.0. The van der Waals surface area contributed by atoms with Gasteiger partial charge in [0.15, 0.2) is 0 Å². The monoisotopic (exact) mass is 742 g/mol. The number of nitroso groups, excluding NO2 is 1. The maximum Gasteiger partial charge on any atom is 0.321 e. The maximum atomic E-state index is 14.3. The minimum atomic E-state index is -4.07. The number of nitrogens with zero attached hydrogens (tertiary/aromatic N) is 5. The van der Waals surface area contributed by atoms with Gasteiger partial charge in [0, 0.05) is 38.7 Å².